The quantitative estimate of drug-likeness (QED) is 0.858. The van der Waals surface area contributed by atoms with E-state index in [1.54, 1.807) is 0 Å². The second-order valence-electron chi connectivity index (χ2n) is 5.18. The molecule has 0 aliphatic heterocycles. The molecule has 0 amide bonds. The van der Waals surface area contributed by atoms with Gasteiger partial charge in [-0.1, -0.05) is 27.7 Å². The molecule has 0 fully saturated rings. The van der Waals surface area contributed by atoms with Crippen LogP contribution in [-0.2, 0) is 12.3 Å². The molecule has 1 heterocycles. The van der Waals surface area contributed by atoms with Crippen LogP contribution in [0.15, 0.2) is 0 Å². The van der Waals surface area contributed by atoms with Crippen molar-refractivity contribution in [3.63, 3.8) is 0 Å². The summed E-state index contributed by atoms with van der Waals surface area (Å²) in [5.74, 6) is 1.86. The number of thioether (sulfide) groups is 1. The standard InChI is InChI=1S/C14H25N3S/c1-9(2)15-7-13-11(5)16-14(17-12(13)6)8-18-10(3)4/h9-10,15H,7-8H2,1-6H3. The third kappa shape index (κ3) is 4.94. The topological polar surface area (TPSA) is 37.8 Å². The molecule has 0 saturated heterocycles. The lowest BCUT2D eigenvalue weighted by molar-refractivity contribution is 0.582. The van der Waals surface area contributed by atoms with Gasteiger partial charge in [-0.05, 0) is 19.1 Å². The largest absolute Gasteiger partial charge is 0.310 e. The number of nitrogens with one attached hydrogen (secondary N) is 1. The molecular weight excluding hydrogens is 242 g/mol. The van der Waals surface area contributed by atoms with Crippen molar-refractivity contribution in [3.05, 3.63) is 22.8 Å². The Morgan fingerprint density at radius 3 is 2.06 bits per heavy atom. The highest BCUT2D eigenvalue weighted by atomic mass is 32.2. The van der Waals surface area contributed by atoms with Crippen LogP contribution in [0.25, 0.3) is 0 Å². The average Bonchev–Trinajstić information content (AvgIpc) is 2.24. The number of hydrogen-bond donors (Lipinski definition) is 1. The van der Waals surface area contributed by atoms with Crippen molar-refractivity contribution in [2.45, 2.75) is 65.1 Å². The molecule has 1 N–H and O–H groups in total. The Hall–Kier alpha value is -0.610. The van der Waals surface area contributed by atoms with E-state index in [4.69, 9.17) is 0 Å². The second kappa shape index (κ2) is 7.10. The zero-order chi connectivity index (χ0) is 13.7. The minimum atomic E-state index is 0.486. The summed E-state index contributed by atoms with van der Waals surface area (Å²) in [7, 11) is 0. The fourth-order valence-electron chi connectivity index (χ4n) is 1.68. The molecule has 0 radical (unpaired) electrons. The number of hydrogen-bond acceptors (Lipinski definition) is 4. The van der Waals surface area contributed by atoms with Crippen LogP contribution in [0, 0.1) is 13.8 Å². The summed E-state index contributed by atoms with van der Waals surface area (Å²) in [6.45, 7) is 13.7. The van der Waals surface area contributed by atoms with Gasteiger partial charge in [0.2, 0.25) is 0 Å². The molecule has 1 aromatic rings. The maximum atomic E-state index is 4.61. The molecule has 4 heteroatoms. The molecule has 3 nitrogen and oxygen atoms in total. The van der Waals surface area contributed by atoms with Crippen LogP contribution in [-0.4, -0.2) is 21.3 Å². The van der Waals surface area contributed by atoms with Gasteiger partial charge < -0.3 is 5.32 Å². The Balaban J connectivity index is 2.77. The normalized spacial score (nSPS) is 11.6. The van der Waals surface area contributed by atoms with Crippen LogP contribution < -0.4 is 5.32 Å². The van der Waals surface area contributed by atoms with E-state index in [1.807, 2.05) is 11.8 Å². The van der Waals surface area contributed by atoms with E-state index in [9.17, 15) is 0 Å². The smallest absolute Gasteiger partial charge is 0.138 e. The SMILES string of the molecule is Cc1nc(CSC(C)C)nc(C)c1CNC(C)C. The molecule has 0 aromatic carbocycles. The van der Waals surface area contributed by atoms with Crippen LogP contribution in [0.2, 0.25) is 0 Å². The van der Waals surface area contributed by atoms with Crippen LogP contribution in [0.3, 0.4) is 0 Å². The number of aromatic nitrogens is 2. The number of aryl methyl sites for hydroxylation is 2. The molecular formula is C14H25N3S. The van der Waals surface area contributed by atoms with Crippen molar-refractivity contribution >= 4 is 11.8 Å². The Kier molecular flexibility index (Phi) is 6.09. The molecule has 1 aromatic heterocycles. The Morgan fingerprint density at radius 2 is 1.61 bits per heavy atom. The van der Waals surface area contributed by atoms with Gasteiger partial charge in [-0.3, -0.25) is 0 Å². The van der Waals surface area contributed by atoms with Crippen LogP contribution >= 0.6 is 11.8 Å². The van der Waals surface area contributed by atoms with Gasteiger partial charge in [0.15, 0.2) is 0 Å². The molecule has 18 heavy (non-hydrogen) atoms. The van der Waals surface area contributed by atoms with Gasteiger partial charge in [0.1, 0.15) is 5.82 Å². The fraction of sp³-hybridized carbons (Fsp3) is 0.714. The molecule has 0 bridgehead atoms. The van der Waals surface area contributed by atoms with Crippen molar-refractivity contribution in [2.75, 3.05) is 0 Å². The maximum Gasteiger partial charge on any atom is 0.138 e. The van der Waals surface area contributed by atoms with Crippen molar-refractivity contribution in [2.24, 2.45) is 0 Å². The first kappa shape index (κ1) is 15.4. The van der Waals surface area contributed by atoms with E-state index in [-0.39, 0.29) is 0 Å². The molecule has 0 spiro atoms. The molecule has 0 aliphatic rings. The Morgan fingerprint density at radius 1 is 1.06 bits per heavy atom. The molecule has 0 aliphatic carbocycles. The molecule has 0 saturated carbocycles. The highest BCUT2D eigenvalue weighted by Gasteiger charge is 2.09. The highest BCUT2D eigenvalue weighted by Crippen LogP contribution is 2.17. The minimum absolute atomic E-state index is 0.486. The molecule has 0 unspecified atom stereocenters. The highest BCUT2D eigenvalue weighted by molar-refractivity contribution is 7.99. The Bertz CT molecular complexity index is 366. The van der Waals surface area contributed by atoms with E-state index in [0.29, 0.717) is 11.3 Å². The van der Waals surface area contributed by atoms with Crippen molar-refractivity contribution in [1.82, 2.24) is 15.3 Å². The predicted molar refractivity (Wildman–Crippen MR) is 79.9 cm³/mol. The summed E-state index contributed by atoms with van der Waals surface area (Å²) in [5.41, 5.74) is 3.45. The average molecular weight is 267 g/mol. The minimum Gasteiger partial charge on any atom is -0.310 e. The van der Waals surface area contributed by atoms with E-state index < -0.39 is 0 Å². The van der Waals surface area contributed by atoms with E-state index in [0.717, 1.165) is 29.5 Å². The van der Waals surface area contributed by atoms with Crippen LogP contribution in [0.4, 0.5) is 0 Å². The zero-order valence-electron chi connectivity index (χ0n) is 12.4. The third-order valence-electron chi connectivity index (χ3n) is 2.70. The second-order valence-corrected chi connectivity index (χ2v) is 6.75. The van der Waals surface area contributed by atoms with Crippen molar-refractivity contribution in [3.8, 4) is 0 Å². The van der Waals surface area contributed by atoms with Gasteiger partial charge in [-0.2, -0.15) is 11.8 Å². The van der Waals surface area contributed by atoms with E-state index >= 15 is 0 Å². The van der Waals surface area contributed by atoms with Gasteiger partial charge in [0.25, 0.3) is 0 Å². The maximum absolute atomic E-state index is 4.61. The van der Waals surface area contributed by atoms with Gasteiger partial charge in [-0.25, -0.2) is 9.97 Å². The summed E-state index contributed by atoms with van der Waals surface area (Å²) in [6.07, 6.45) is 0. The van der Waals surface area contributed by atoms with E-state index in [1.165, 1.54) is 5.56 Å². The fourth-order valence-corrected chi connectivity index (χ4v) is 2.29. The number of rotatable bonds is 6. The summed E-state index contributed by atoms with van der Waals surface area (Å²) in [6, 6.07) is 0.486. The van der Waals surface area contributed by atoms with Gasteiger partial charge in [-0.15, -0.1) is 0 Å². The molecule has 102 valence electrons. The summed E-state index contributed by atoms with van der Waals surface area (Å²) in [5, 5.41) is 4.05. The van der Waals surface area contributed by atoms with Crippen LogP contribution in [0.1, 0.15) is 50.5 Å². The lowest BCUT2D eigenvalue weighted by Gasteiger charge is -2.13. The lowest BCUT2D eigenvalue weighted by atomic mass is 10.1. The van der Waals surface area contributed by atoms with Crippen molar-refractivity contribution < 1.29 is 0 Å². The van der Waals surface area contributed by atoms with Gasteiger partial charge in [0, 0.05) is 29.5 Å². The summed E-state index contributed by atoms with van der Waals surface area (Å²) >= 11 is 1.89. The Labute approximate surface area is 115 Å². The summed E-state index contributed by atoms with van der Waals surface area (Å²) < 4.78 is 0. The van der Waals surface area contributed by atoms with Crippen LogP contribution in [0.5, 0.6) is 0 Å². The molecule has 1 rings (SSSR count). The third-order valence-corrected chi connectivity index (χ3v) is 3.79. The number of nitrogens with zero attached hydrogens (tertiary/aromatic N) is 2. The lowest BCUT2D eigenvalue weighted by Crippen LogP contribution is -2.23. The first-order chi connectivity index (χ1) is 8.40. The monoisotopic (exact) mass is 267 g/mol. The van der Waals surface area contributed by atoms with Gasteiger partial charge >= 0.3 is 0 Å². The van der Waals surface area contributed by atoms with Gasteiger partial charge in [0.05, 0.1) is 5.75 Å². The molecule has 0 atom stereocenters. The first-order valence-electron chi connectivity index (χ1n) is 6.58. The zero-order valence-corrected chi connectivity index (χ0v) is 13.2. The first-order valence-corrected chi connectivity index (χ1v) is 7.63. The summed E-state index contributed by atoms with van der Waals surface area (Å²) in [4.78, 5) is 9.22. The van der Waals surface area contributed by atoms with E-state index in [2.05, 4.69) is 56.8 Å². The van der Waals surface area contributed by atoms with Crippen molar-refractivity contribution in [1.29, 1.82) is 0 Å². The predicted octanol–water partition coefficient (Wildman–Crippen LogP) is 3.23.